The minimum absolute atomic E-state index is 0.465. The molecule has 6 heteroatoms. The second kappa shape index (κ2) is 8.13. The van der Waals surface area contributed by atoms with Crippen LogP contribution in [0.15, 0.2) is 42.6 Å². The van der Waals surface area contributed by atoms with Gasteiger partial charge in [-0.05, 0) is 37.1 Å². The van der Waals surface area contributed by atoms with Crippen molar-refractivity contribution in [2.75, 3.05) is 31.6 Å². The Morgan fingerprint density at radius 3 is 2.74 bits per heavy atom. The molecular formula is C17H21ClN4O. The van der Waals surface area contributed by atoms with Gasteiger partial charge in [0.15, 0.2) is 0 Å². The number of anilines is 1. The highest BCUT2D eigenvalue weighted by molar-refractivity contribution is 6.32. The highest BCUT2D eigenvalue weighted by Gasteiger charge is 2.19. The van der Waals surface area contributed by atoms with Crippen LogP contribution in [0.5, 0.6) is 5.75 Å². The number of ether oxygens (including phenoxy) is 1. The number of nitrogens with one attached hydrogen (secondary N) is 1. The average Bonchev–Trinajstić information content (AvgIpc) is 2.59. The van der Waals surface area contributed by atoms with E-state index in [2.05, 4.69) is 20.4 Å². The molecule has 5 nitrogen and oxygen atoms in total. The van der Waals surface area contributed by atoms with Gasteiger partial charge in [0.2, 0.25) is 0 Å². The topological polar surface area (TPSA) is 50.3 Å². The summed E-state index contributed by atoms with van der Waals surface area (Å²) in [5.41, 5.74) is 0. The van der Waals surface area contributed by atoms with E-state index in [0.717, 1.165) is 44.0 Å². The molecule has 3 rings (SSSR count). The smallest absolute Gasteiger partial charge is 0.148 e. The number of hydrogen-bond donors (Lipinski definition) is 1. The summed E-state index contributed by atoms with van der Waals surface area (Å²) in [5.74, 6) is 1.61. The first-order chi connectivity index (χ1) is 11.3. The monoisotopic (exact) mass is 332 g/mol. The maximum Gasteiger partial charge on any atom is 0.148 e. The van der Waals surface area contributed by atoms with E-state index < -0.39 is 0 Å². The van der Waals surface area contributed by atoms with Gasteiger partial charge in [-0.15, -0.1) is 5.10 Å². The maximum absolute atomic E-state index is 6.08. The molecule has 1 N–H and O–H groups in total. The molecule has 1 aromatic carbocycles. The molecule has 1 saturated heterocycles. The predicted octanol–water partition coefficient (Wildman–Crippen LogP) is 3.09. The molecule has 1 fully saturated rings. The van der Waals surface area contributed by atoms with E-state index in [4.69, 9.17) is 16.3 Å². The first kappa shape index (κ1) is 16.0. The summed E-state index contributed by atoms with van der Waals surface area (Å²) in [6.45, 7) is 3.70. The Morgan fingerprint density at radius 2 is 2.00 bits per heavy atom. The number of benzene rings is 1. The molecule has 1 aliphatic rings. The zero-order chi connectivity index (χ0) is 15.9. The van der Waals surface area contributed by atoms with E-state index in [1.807, 2.05) is 36.4 Å². The molecule has 0 unspecified atom stereocenters. The summed E-state index contributed by atoms with van der Waals surface area (Å²) in [6, 6.07) is 11.9. The van der Waals surface area contributed by atoms with Crippen LogP contribution >= 0.6 is 11.6 Å². The highest BCUT2D eigenvalue weighted by Crippen LogP contribution is 2.23. The minimum atomic E-state index is 0.465. The Labute approximate surface area is 141 Å². The molecule has 0 atom stereocenters. The molecule has 0 saturated carbocycles. The summed E-state index contributed by atoms with van der Waals surface area (Å²) in [7, 11) is 0. The van der Waals surface area contributed by atoms with Crippen molar-refractivity contribution in [2.45, 2.75) is 18.9 Å². The molecular weight excluding hydrogens is 312 g/mol. The molecule has 0 radical (unpaired) electrons. The predicted molar refractivity (Wildman–Crippen MR) is 92.1 cm³/mol. The third-order valence-corrected chi connectivity index (χ3v) is 4.33. The van der Waals surface area contributed by atoms with Crippen LogP contribution in [0.4, 0.5) is 5.82 Å². The van der Waals surface area contributed by atoms with Crippen molar-refractivity contribution in [3.05, 3.63) is 47.6 Å². The van der Waals surface area contributed by atoms with Gasteiger partial charge in [-0.1, -0.05) is 23.7 Å². The van der Waals surface area contributed by atoms with Crippen molar-refractivity contribution in [3.8, 4) is 5.75 Å². The lowest BCUT2D eigenvalue weighted by Gasteiger charge is -2.32. The first-order valence-corrected chi connectivity index (χ1v) is 8.33. The van der Waals surface area contributed by atoms with Gasteiger partial charge in [-0.25, -0.2) is 0 Å². The van der Waals surface area contributed by atoms with E-state index >= 15 is 0 Å². The van der Waals surface area contributed by atoms with Crippen LogP contribution in [-0.4, -0.2) is 47.4 Å². The Hall–Kier alpha value is -1.85. The molecule has 23 heavy (non-hydrogen) atoms. The number of piperidine rings is 1. The number of halogens is 1. The van der Waals surface area contributed by atoms with E-state index in [-0.39, 0.29) is 0 Å². The molecule has 1 aliphatic heterocycles. The second-order valence-corrected chi connectivity index (χ2v) is 6.06. The zero-order valence-corrected chi connectivity index (χ0v) is 13.7. The number of rotatable bonds is 6. The van der Waals surface area contributed by atoms with E-state index in [1.165, 1.54) is 0 Å². The van der Waals surface area contributed by atoms with Crippen molar-refractivity contribution >= 4 is 17.4 Å². The van der Waals surface area contributed by atoms with E-state index in [9.17, 15) is 0 Å². The quantitative estimate of drug-likeness (QED) is 0.881. The lowest BCUT2D eigenvalue weighted by Crippen LogP contribution is -2.41. The second-order valence-electron chi connectivity index (χ2n) is 5.65. The number of likely N-dealkylation sites (tertiary alicyclic amines) is 1. The molecule has 2 heterocycles. The minimum Gasteiger partial charge on any atom is -0.491 e. The fourth-order valence-corrected chi connectivity index (χ4v) is 2.93. The molecule has 0 bridgehead atoms. The number of aromatic nitrogens is 2. The normalized spacial score (nSPS) is 16.2. The van der Waals surface area contributed by atoms with Crippen LogP contribution in [-0.2, 0) is 0 Å². The largest absolute Gasteiger partial charge is 0.491 e. The number of nitrogens with zero attached hydrogens (tertiary/aromatic N) is 3. The molecule has 0 spiro atoms. The zero-order valence-electron chi connectivity index (χ0n) is 13.0. The molecule has 0 aliphatic carbocycles. The Bertz CT molecular complexity index is 603. The van der Waals surface area contributed by atoms with Gasteiger partial charge in [0, 0.05) is 31.9 Å². The standard InChI is InChI=1S/C17H21ClN4O/c18-15-4-1-2-5-16(15)23-13-12-22-10-7-14(8-11-22)20-17-6-3-9-19-21-17/h1-6,9,14H,7-8,10-13H2,(H,20,21). The summed E-state index contributed by atoms with van der Waals surface area (Å²) in [5, 5.41) is 12.1. The average molecular weight is 333 g/mol. The highest BCUT2D eigenvalue weighted by atomic mass is 35.5. The van der Waals surface area contributed by atoms with E-state index in [1.54, 1.807) is 6.20 Å². The fourth-order valence-electron chi connectivity index (χ4n) is 2.74. The Kier molecular flexibility index (Phi) is 5.66. The molecule has 0 amide bonds. The molecule has 1 aromatic heterocycles. The Balaban J connectivity index is 1.37. The van der Waals surface area contributed by atoms with Gasteiger partial charge in [0.25, 0.3) is 0 Å². The van der Waals surface area contributed by atoms with Crippen LogP contribution in [0, 0.1) is 0 Å². The van der Waals surface area contributed by atoms with Crippen LogP contribution in [0.3, 0.4) is 0 Å². The fraction of sp³-hybridized carbons (Fsp3) is 0.412. The van der Waals surface area contributed by atoms with Crippen molar-refractivity contribution in [2.24, 2.45) is 0 Å². The van der Waals surface area contributed by atoms with Crippen LogP contribution in [0.2, 0.25) is 5.02 Å². The van der Waals surface area contributed by atoms with Crippen molar-refractivity contribution in [1.29, 1.82) is 0 Å². The van der Waals surface area contributed by atoms with Gasteiger partial charge in [-0.2, -0.15) is 5.10 Å². The van der Waals surface area contributed by atoms with Gasteiger partial charge >= 0.3 is 0 Å². The first-order valence-electron chi connectivity index (χ1n) is 7.95. The van der Waals surface area contributed by atoms with Crippen molar-refractivity contribution in [3.63, 3.8) is 0 Å². The number of para-hydroxylation sites is 1. The van der Waals surface area contributed by atoms with Gasteiger partial charge in [-0.3, -0.25) is 4.90 Å². The molecule has 2 aromatic rings. The van der Waals surface area contributed by atoms with Crippen molar-refractivity contribution < 1.29 is 4.74 Å². The van der Waals surface area contributed by atoms with Crippen molar-refractivity contribution in [1.82, 2.24) is 15.1 Å². The third-order valence-electron chi connectivity index (χ3n) is 4.01. The van der Waals surface area contributed by atoms with Crippen LogP contribution in [0.1, 0.15) is 12.8 Å². The summed E-state index contributed by atoms with van der Waals surface area (Å²) in [4.78, 5) is 2.42. The van der Waals surface area contributed by atoms with Crippen LogP contribution in [0.25, 0.3) is 0 Å². The SMILES string of the molecule is Clc1ccccc1OCCN1CCC(Nc2cccnn2)CC1. The summed E-state index contributed by atoms with van der Waals surface area (Å²) >= 11 is 6.08. The lowest BCUT2D eigenvalue weighted by atomic mass is 10.1. The lowest BCUT2D eigenvalue weighted by molar-refractivity contribution is 0.177. The summed E-state index contributed by atoms with van der Waals surface area (Å²) < 4.78 is 5.75. The molecule has 122 valence electrons. The van der Waals surface area contributed by atoms with Gasteiger partial charge in [0.05, 0.1) is 5.02 Å². The van der Waals surface area contributed by atoms with Crippen LogP contribution < -0.4 is 10.1 Å². The third kappa shape index (κ3) is 4.81. The summed E-state index contributed by atoms with van der Waals surface area (Å²) in [6.07, 6.45) is 3.89. The van der Waals surface area contributed by atoms with Gasteiger partial charge < -0.3 is 10.1 Å². The van der Waals surface area contributed by atoms with E-state index in [0.29, 0.717) is 17.7 Å². The van der Waals surface area contributed by atoms with Gasteiger partial charge in [0.1, 0.15) is 18.2 Å². The Morgan fingerprint density at radius 1 is 1.17 bits per heavy atom. The maximum atomic E-state index is 6.08. The number of hydrogen-bond acceptors (Lipinski definition) is 5.